The van der Waals surface area contributed by atoms with Crippen molar-refractivity contribution < 1.29 is 4.80 Å². The number of rotatable bonds is 5. The first-order valence-corrected chi connectivity index (χ1v) is 5.33. The molecule has 80 valence electrons. The fourth-order valence-corrected chi connectivity index (χ4v) is 1.60. The van der Waals surface area contributed by atoms with Crippen molar-refractivity contribution in [1.82, 2.24) is 19.9 Å². The van der Waals surface area contributed by atoms with Gasteiger partial charge in [0.05, 0.1) is 0 Å². The molecular weight excluding hydrogens is 198 g/mol. The lowest BCUT2D eigenvalue weighted by Gasteiger charge is -2.15. The van der Waals surface area contributed by atoms with E-state index in [0.29, 0.717) is 4.77 Å². The van der Waals surface area contributed by atoms with Crippen LogP contribution in [0.4, 0.5) is 0 Å². The number of nitrogens with zero attached hydrogens (tertiary/aromatic N) is 4. The van der Waals surface area contributed by atoms with E-state index in [2.05, 4.69) is 29.1 Å². The number of hydrogen-bond donors (Lipinski definition) is 1. The summed E-state index contributed by atoms with van der Waals surface area (Å²) in [6, 6.07) is 0. The first-order valence-electron chi connectivity index (χ1n) is 4.92. The summed E-state index contributed by atoms with van der Waals surface area (Å²) in [5, 5.41) is 7.10. The van der Waals surface area contributed by atoms with Gasteiger partial charge >= 0.3 is 4.77 Å². The van der Waals surface area contributed by atoms with E-state index in [1.807, 2.05) is 11.7 Å². The van der Waals surface area contributed by atoms with Crippen LogP contribution in [-0.2, 0) is 13.6 Å². The summed E-state index contributed by atoms with van der Waals surface area (Å²) in [5.41, 5.74) is 0. The molecule has 0 radical (unpaired) electrons. The largest absolute Gasteiger partial charge is 0.347 e. The Hall–Kier alpha value is -0.750. The fraction of sp³-hybridized carbons (Fsp3) is 0.875. The molecule has 1 aromatic heterocycles. The molecule has 0 amide bonds. The second kappa shape index (κ2) is 5.21. The van der Waals surface area contributed by atoms with Gasteiger partial charge in [-0.3, -0.25) is 4.90 Å². The van der Waals surface area contributed by atoms with Crippen molar-refractivity contribution >= 4 is 12.2 Å². The SMILES string of the molecule is CCN(CC)CCn1[nH][n+](C)nc1=S. The van der Waals surface area contributed by atoms with E-state index in [0.717, 1.165) is 26.2 Å². The minimum absolute atomic E-state index is 0.611. The van der Waals surface area contributed by atoms with E-state index in [9.17, 15) is 0 Å². The van der Waals surface area contributed by atoms with E-state index in [-0.39, 0.29) is 0 Å². The highest BCUT2D eigenvalue weighted by Crippen LogP contribution is 1.89. The quantitative estimate of drug-likeness (QED) is 0.561. The lowest BCUT2D eigenvalue weighted by Crippen LogP contribution is -2.35. The van der Waals surface area contributed by atoms with Crippen LogP contribution < -0.4 is 4.80 Å². The number of nitrogens with one attached hydrogen (secondary N) is 1. The van der Waals surface area contributed by atoms with Crippen LogP contribution in [0.2, 0.25) is 0 Å². The van der Waals surface area contributed by atoms with E-state index in [1.165, 1.54) is 0 Å². The van der Waals surface area contributed by atoms with Crippen LogP contribution in [0, 0.1) is 4.77 Å². The Labute approximate surface area is 89.3 Å². The van der Waals surface area contributed by atoms with Gasteiger partial charge in [-0.2, -0.15) is 0 Å². The Morgan fingerprint density at radius 1 is 1.50 bits per heavy atom. The molecule has 0 unspecified atom stereocenters. The molecule has 1 heterocycles. The van der Waals surface area contributed by atoms with Gasteiger partial charge in [0.1, 0.15) is 13.6 Å². The summed E-state index contributed by atoms with van der Waals surface area (Å²) in [6.45, 7) is 8.34. The van der Waals surface area contributed by atoms with Gasteiger partial charge < -0.3 is 0 Å². The first-order chi connectivity index (χ1) is 6.67. The van der Waals surface area contributed by atoms with Crippen molar-refractivity contribution in [3.63, 3.8) is 0 Å². The Balaban J connectivity index is 2.53. The summed E-state index contributed by atoms with van der Waals surface area (Å²) in [4.78, 5) is 3.98. The molecule has 6 heteroatoms. The summed E-state index contributed by atoms with van der Waals surface area (Å²) in [5.74, 6) is 0. The lowest BCUT2D eigenvalue weighted by atomic mass is 10.5. The number of aromatic amines is 1. The third-order valence-electron chi connectivity index (χ3n) is 2.27. The zero-order chi connectivity index (χ0) is 10.6. The molecule has 0 saturated carbocycles. The highest BCUT2D eigenvalue weighted by molar-refractivity contribution is 7.71. The van der Waals surface area contributed by atoms with Crippen molar-refractivity contribution in [3.8, 4) is 0 Å². The molecule has 1 N–H and O–H groups in total. The summed E-state index contributed by atoms with van der Waals surface area (Å²) in [6.07, 6.45) is 0. The maximum Gasteiger partial charge on any atom is 0.347 e. The Morgan fingerprint density at radius 3 is 2.57 bits per heavy atom. The minimum Gasteiger partial charge on any atom is -0.300 e. The maximum absolute atomic E-state index is 5.08. The van der Waals surface area contributed by atoms with Gasteiger partial charge in [0.15, 0.2) is 0 Å². The van der Waals surface area contributed by atoms with Gasteiger partial charge in [-0.05, 0) is 30.4 Å². The van der Waals surface area contributed by atoms with Crippen LogP contribution in [0.25, 0.3) is 0 Å². The van der Waals surface area contributed by atoms with Crippen LogP contribution >= 0.6 is 12.2 Å². The average molecular weight is 216 g/mol. The third-order valence-corrected chi connectivity index (χ3v) is 2.57. The maximum atomic E-state index is 5.08. The highest BCUT2D eigenvalue weighted by atomic mass is 32.1. The zero-order valence-corrected chi connectivity index (χ0v) is 9.84. The summed E-state index contributed by atoms with van der Waals surface area (Å²) >= 11 is 5.08. The number of hydrogen-bond acceptors (Lipinski definition) is 3. The molecule has 0 aliphatic heterocycles. The van der Waals surface area contributed by atoms with Gasteiger partial charge in [0.2, 0.25) is 0 Å². The van der Waals surface area contributed by atoms with Crippen LogP contribution in [-0.4, -0.2) is 39.5 Å². The van der Waals surface area contributed by atoms with Crippen LogP contribution in [0.3, 0.4) is 0 Å². The topological polar surface area (TPSA) is 40.7 Å². The molecule has 1 rings (SSSR count). The molecule has 0 aromatic carbocycles. The molecule has 0 saturated heterocycles. The molecule has 1 aromatic rings. The molecule has 0 bridgehead atoms. The summed E-state index contributed by atoms with van der Waals surface area (Å²) in [7, 11) is 1.84. The molecule has 14 heavy (non-hydrogen) atoms. The number of tetrazole rings is 1. The lowest BCUT2D eigenvalue weighted by molar-refractivity contribution is -0.785. The smallest absolute Gasteiger partial charge is 0.300 e. The van der Waals surface area contributed by atoms with Gasteiger partial charge in [0.25, 0.3) is 0 Å². The number of aromatic nitrogens is 4. The molecular formula is C8H18N5S+. The monoisotopic (exact) mass is 216 g/mol. The molecule has 0 atom stereocenters. The highest BCUT2D eigenvalue weighted by Gasteiger charge is 2.07. The van der Waals surface area contributed by atoms with Crippen molar-refractivity contribution in [1.29, 1.82) is 0 Å². The molecule has 0 aliphatic rings. The van der Waals surface area contributed by atoms with Crippen LogP contribution in [0.1, 0.15) is 13.8 Å². The van der Waals surface area contributed by atoms with Crippen molar-refractivity contribution in [2.45, 2.75) is 20.4 Å². The fourth-order valence-electron chi connectivity index (χ4n) is 1.35. The molecule has 0 aliphatic carbocycles. The number of likely N-dealkylation sites (N-methyl/N-ethyl adjacent to an activating group) is 1. The van der Waals surface area contributed by atoms with E-state index in [4.69, 9.17) is 12.2 Å². The third kappa shape index (κ3) is 2.88. The predicted octanol–water partition coefficient (Wildman–Crippen LogP) is 0.107. The van der Waals surface area contributed by atoms with Gasteiger partial charge in [-0.25, -0.2) is 0 Å². The van der Waals surface area contributed by atoms with Gasteiger partial charge in [-0.1, -0.05) is 23.9 Å². The Kier molecular flexibility index (Phi) is 4.21. The second-order valence-electron chi connectivity index (χ2n) is 3.18. The second-order valence-corrected chi connectivity index (χ2v) is 3.55. The van der Waals surface area contributed by atoms with Crippen LogP contribution in [0.5, 0.6) is 0 Å². The van der Waals surface area contributed by atoms with Crippen molar-refractivity contribution in [2.75, 3.05) is 19.6 Å². The predicted molar refractivity (Wildman–Crippen MR) is 56.4 cm³/mol. The minimum atomic E-state index is 0.611. The Bertz CT molecular complexity index is 325. The van der Waals surface area contributed by atoms with Gasteiger partial charge in [0, 0.05) is 6.54 Å². The number of H-pyrrole nitrogens is 1. The van der Waals surface area contributed by atoms with E-state index < -0.39 is 0 Å². The van der Waals surface area contributed by atoms with Gasteiger partial charge in [-0.15, -0.1) is 4.68 Å². The standard InChI is InChI=1S/C8H17N5S/c1-4-12(5-2)6-7-13-8(14)9-11(3)10-13/h4-7H2,1-3H3/p+1. The van der Waals surface area contributed by atoms with Crippen molar-refractivity contribution in [2.24, 2.45) is 7.05 Å². The molecule has 5 nitrogen and oxygen atoms in total. The zero-order valence-electron chi connectivity index (χ0n) is 9.03. The van der Waals surface area contributed by atoms with E-state index >= 15 is 0 Å². The van der Waals surface area contributed by atoms with Crippen LogP contribution in [0.15, 0.2) is 0 Å². The normalized spacial score (nSPS) is 11.1. The molecule has 0 spiro atoms. The van der Waals surface area contributed by atoms with E-state index in [1.54, 1.807) is 4.80 Å². The number of aryl methyl sites for hydroxylation is 1. The first kappa shape index (κ1) is 11.3. The average Bonchev–Trinajstić information content (AvgIpc) is 2.47. The molecule has 0 fully saturated rings. The van der Waals surface area contributed by atoms with Crippen molar-refractivity contribution in [3.05, 3.63) is 4.77 Å². The summed E-state index contributed by atoms with van der Waals surface area (Å²) < 4.78 is 2.49. The Morgan fingerprint density at radius 2 is 2.14 bits per heavy atom.